The average molecular weight is 168 g/mol. The molecule has 70 valence electrons. The fourth-order valence-electron chi connectivity index (χ4n) is 1.89. The number of rotatable bonds is 4. The topological polar surface area (TPSA) is 20.2 Å². The summed E-state index contributed by atoms with van der Waals surface area (Å²) >= 11 is 0. The molecule has 0 aromatic heterocycles. The van der Waals surface area contributed by atoms with Crippen LogP contribution in [0.25, 0.3) is 0 Å². The minimum absolute atomic E-state index is 0.345. The average Bonchev–Trinajstić information content (AvgIpc) is 2.15. The van der Waals surface area contributed by atoms with E-state index in [4.69, 9.17) is 5.11 Å². The van der Waals surface area contributed by atoms with Crippen LogP contribution >= 0.6 is 0 Å². The van der Waals surface area contributed by atoms with Crippen molar-refractivity contribution in [3.05, 3.63) is 11.6 Å². The molecule has 0 saturated heterocycles. The summed E-state index contributed by atoms with van der Waals surface area (Å²) in [6.45, 7) is 2.63. The van der Waals surface area contributed by atoms with Gasteiger partial charge in [-0.1, -0.05) is 18.6 Å². The molecule has 1 aliphatic rings. The zero-order valence-corrected chi connectivity index (χ0v) is 8.05. The van der Waals surface area contributed by atoms with Crippen molar-refractivity contribution in [3.8, 4) is 0 Å². The zero-order chi connectivity index (χ0) is 8.81. The Kier molecular flexibility index (Phi) is 4.37. The third-order valence-corrected chi connectivity index (χ3v) is 2.75. The van der Waals surface area contributed by atoms with Crippen LogP contribution in [0.1, 0.15) is 45.4 Å². The van der Waals surface area contributed by atoms with Gasteiger partial charge in [-0.2, -0.15) is 0 Å². The van der Waals surface area contributed by atoms with Crippen molar-refractivity contribution >= 4 is 0 Å². The van der Waals surface area contributed by atoms with Crippen molar-refractivity contribution in [1.82, 2.24) is 0 Å². The Hall–Kier alpha value is -0.300. The molecule has 0 fully saturated rings. The van der Waals surface area contributed by atoms with Crippen molar-refractivity contribution in [3.63, 3.8) is 0 Å². The Morgan fingerprint density at radius 2 is 2.33 bits per heavy atom. The minimum atomic E-state index is 0.345. The first kappa shape index (κ1) is 9.79. The summed E-state index contributed by atoms with van der Waals surface area (Å²) in [5.41, 5.74) is 1.63. The number of hydrogen-bond donors (Lipinski definition) is 1. The lowest BCUT2D eigenvalue weighted by molar-refractivity contribution is 0.277. The highest BCUT2D eigenvalue weighted by Gasteiger charge is 2.10. The van der Waals surface area contributed by atoms with Gasteiger partial charge < -0.3 is 5.11 Å². The number of allylic oxidation sites excluding steroid dienone is 2. The summed E-state index contributed by atoms with van der Waals surface area (Å²) in [4.78, 5) is 0. The van der Waals surface area contributed by atoms with Crippen LogP contribution in [0.4, 0.5) is 0 Å². The molecule has 0 spiro atoms. The van der Waals surface area contributed by atoms with Crippen LogP contribution < -0.4 is 0 Å². The van der Waals surface area contributed by atoms with Gasteiger partial charge in [-0.05, 0) is 44.4 Å². The van der Waals surface area contributed by atoms with Crippen LogP contribution in [0.15, 0.2) is 11.6 Å². The molecule has 1 nitrogen and oxygen atoms in total. The summed E-state index contributed by atoms with van der Waals surface area (Å²) in [6.07, 6.45) is 9.84. The van der Waals surface area contributed by atoms with Crippen molar-refractivity contribution < 1.29 is 5.11 Å². The predicted octanol–water partition coefficient (Wildman–Crippen LogP) is 2.90. The smallest absolute Gasteiger partial charge is 0.0431 e. The monoisotopic (exact) mass is 168 g/mol. The summed E-state index contributed by atoms with van der Waals surface area (Å²) in [5.74, 6) is 0.706. The van der Waals surface area contributed by atoms with Gasteiger partial charge in [0, 0.05) is 6.61 Å². The van der Waals surface area contributed by atoms with E-state index in [1.807, 2.05) is 0 Å². The van der Waals surface area contributed by atoms with Crippen LogP contribution in [-0.4, -0.2) is 11.7 Å². The van der Waals surface area contributed by atoms with Crippen molar-refractivity contribution in [2.24, 2.45) is 5.92 Å². The second-order valence-corrected chi connectivity index (χ2v) is 3.79. The molecule has 1 heteroatoms. The van der Waals surface area contributed by atoms with Crippen molar-refractivity contribution in [1.29, 1.82) is 0 Å². The molecule has 0 aliphatic heterocycles. The molecule has 0 heterocycles. The lowest BCUT2D eigenvalue weighted by atomic mass is 9.88. The molecule has 0 aromatic rings. The molecule has 1 atom stereocenters. The first-order chi connectivity index (χ1) is 5.84. The molecule has 0 radical (unpaired) electrons. The normalized spacial score (nSPS) is 20.3. The predicted molar refractivity (Wildman–Crippen MR) is 52.0 cm³/mol. The number of aliphatic hydroxyl groups excluding tert-OH is 1. The van der Waals surface area contributed by atoms with E-state index in [0.29, 0.717) is 12.5 Å². The van der Waals surface area contributed by atoms with Gasteiger partial charge in [-0.3, -0.25) is 0 Å². The van der Waals surface area contributed by atoms with E-state index in [-0.39, 0.29) is 0 Å². The largest absolute Gasteiger partial charge is 0.396 e. The fourth-order valence-corrected chi connectivity index (χ4v) is 1.89. The number of aliphatic hydroxyl groups is 1. The Balaban J connectivity index is 2.29. The van der Waals surface area contributed by atoms with Crippen LogP contribution in [-0.2, 0) is 0 Å². The molecule has 1 unspecified atom stereocenters. The molecule has 1 N–H and O–H groups in total. The Bertz CT molecular complexity index is 149. The van der Waals surface area contributed by atoms with Gasteiger partial charge in [0.05, 0.1) is 0 Å². The van der Waals surface area contributed by atoms with E-state index in [1.165, 1.54) is 25.7 Å². The van der Waals surface area contributed by atoms with Crippen LogP contribution in [0, 0.1) is 5.92 Å². The van der Waals surface area contributed by atoms with Gasteiger partial charge >= 0.3 is 0 Å². The Labute approximate surface area is 75.5 Å². The standard InChI is InChI=1S/C11H20O/c1-10(6-5-9-12)11-7-3-2-4-8-11/h7,10,12H,2-6,8-9H2,1H3. The fraction of sp³-hybridized carbons (Fsp3) is 0.818. The molecule has 0 aromatic carbocycles. The maximum absolute atomic E-state index is 8.69. The summed E-state index contributed by atoms with van der Waals surface area (Å²) in [5, 5.41) is 8.69. The van der Waals surface area contributed by atoms with Gasteiger partial charge in [-0.15, -0.1) is 0 Å². The second-order valence-electron chi connectivity index (χ2n) is 3.79. The maximum atomic E-state index is 8.69. The second kappa shape index (κ2) is 5.36. The Morgan fingerprint density at radius 3 is 2.92 bits per heavy atom. The van der Waals surface area contributed by atoms with Crippen LogP contribution in [0.2, 0.25) is 0 Å². The van der Waals surface area contributed by atoms with Gasteiger partial charge in [-0.25, -0.2) is 0 Å². The van der Waals surface area contributed by atoms with Gasteiger partial charge in [0.15, 0.2) is 0 Å². The lowest BCUT2D eigenvalue weighted by Gasteiger charge is -2.19. The third kappa shape index (κ3) is 2.98. The molecule has 0 saturated carbocycles. The van der Waals surface area contributed by atoms with E-state index >= 15 is 0 Å². The van der Waals surface area contributed by atoms with Gasteiger partial charge in [0.2, 0.25) is 0 Å². The summed E-state index contributed by atoms with van der Waals surface area (Å²) in [7, 11) is 0. The number of hydrogen-bond acceptors (Lipinski definition) is 1. The van der Waals surface area contributed by atoms with E-state index in [2.05, 4.69) is 13.0 Å². The maximum Gasteiger partial charge on any atom is 0.0431 e. The van der Waals surface area contributed by atoms with Crippen LogP contribution in [0.5, 0.6) is 0 Å². The SMILES string of the molecule is CC(CCCO)C1=CCCCC1. The summed E-state index contributed by atoms with van der Waals surface area (Å²) < 4.78 is 0. The van der Waals surface area contributed by atoms with E-state index in [0.717, 1.165) is 12.8 Å². The van der Waals surface area contributed by atoms with Gasteiger partial charge in [0.25, 0.3) is 0 Å². The van der Waals surface area contributed by atoms with Gasteiger partial charge in [0.1, 0.15) is 0 Å². The highest BCUT2D eigenvalue weighted by molar-refractivity contribution is 5.08. The van der Waals surface area contributed by atoms with E-state index in [1.54, 1.807) is 5.57 Å². The molecule has 0 bridgehead atoms. The highest BCUT2D eigenvalue weighted by atomic mass is 16.2. The molecule has 1 rings (SSSR count). The molecular weight excluding hydrogens is 148 g/mol. The first-order valence-electron chi connectivity index (χ1n) is 5.14. The quantitative estimate of drug-likeness (QED) is 0.640. The van der Waals surface area contributed by atoms with Crippen LogP contribution in [0.3, 0.4) is 0 Å². The Morgan fingerprint density at radius 1 is 1.50 bits per heavy atom. The first-order valence-corrected chi connectivity index (χ1v) is 5.14. The van der Waals surface area contributed by atoms with E-state index < -0.39 is 0 Å². The lowest BCUT2D eigenvalue weighted by Crippen LogP contribution is -2.04. The van der Waals surface area contributed by atoms with E-state index in [9.17, 15) is 0 Å². The molecule has 12 heavy (non-hydrogen) atoms. The van der Waals surface area contributed by atoms with Crippen molar-refractivity contribution in [2.75, 3.05) is 6.61 Å². The highest BCUT2D eigenvalue weighted by Crippen LogP contribution is 2.26. The zero-order valence-electron chi connectivity index (χ0n) is 8.05. The minimum Gasteiger partial charge on any atom is -0.396 e. The summed E-state index contributed by atoms with van der Waals surface area (Å²) in [6, 6.07) is 0. The third-order valence-electron chi connectivity index (χ3n) is 2.75. The molecule has 1 aliphatic carbocycles. The van der Waals surface area contributed by atoms with Crippen molar-refractivity contribution in [2.45, 2.75) is 45.4 Å². The molecular formula is C11H20O. The molecule has 0 amide bonds.